The van der Waals surface area contributed by atoms with Crippen LogP contribution in [0, 0.1) is 11.8 Å². The lowest BCUT2D eigenvalue weighted by molar-refractivity contribution is -0.139. The summed E-state index contributed by atoms with van der Waals surface area (Å²) >= 11 is 0. The quantitative estimate of drug-likeness (QED) is 0.586. The average Bonchev–Trinajstić information content (AvgIpc) is 2.77. The highest BCUT2D eigenvalue weighted by Gasteiger charge is 2.41. The van der Waals surface area contributed by atoms with Crippen LogP contribution in [0.25, 0.3) is 0 Å². The van der Waals surface area contributed by atoms with Crippen LogP contribution in [0.15, 0.2) is 0 Å². The minimum atomic E-state index is -0.161. The monoisotopic (exact) mass is 171 g/mol. The van der Waals surface area contributed by atoms with E-state index in [2.05, 4.69) is 0 Å². The second-order valence-electron chi connectivity index (χ2n) is 3.18. The normalized spacial score (nSPS) is 26.5. The Labute approximate surface area is 71.2 Å². The van der Waals surface area contributed by atoms with Gasteiger partial charge in [0.2, 0.25) is 12.3 Å². The maximum absolute atomic E-state index is 11.3. The smallest absolute Gasteiger partial charge is 0.232 e. The van der Waals surface area contributed by atoms with Crippen molar-refractivity contribution in [3.05, 3.63) is 0 Å². The van der Waals surface area contributed by atoms with Crippen LogP contribution in [0.4, 0.5) is 0 Å². The highest BCUT2D eigenvalue weighted by atomic mass is 16.3. The third kappa shape index (κ3) is 1.82. The van der Waals surface area contributed by atoms with Crippen molar-refractivity contribution in [3.63, 3.8) is 0 Å². The molecule has 12 heavy (non-hydrogen) atoms. The summed E-state index contributed by atoms with van der Waals surface area (Å²) in [5.41, 5.74) is 0. The highest BCUT2D eigenvalue weighted by Crippen LogP contribution is 2.38. The molecule has 0 aliphatic heterocycles. The molecule has 68 valence electrons. The zero-order chi connectivity index (χ0) is 9.14. The van der Waals surface area contributed by atoms with Gasteiger partial charge in [0.1, 0.15) is 0 Å². The van der Waals surface area contributed by atoms with Gasteiger partial charge < -0.3 is 5.11 Å². The van der Waals surface area contributed by atoms with Crippen LogP contribution in [-0.2, 0) is 9.59 Å². The lowest BCUT2D eigenvalue weighted by Gasteiger charge is -2.12. The van der Waals surface area contributed by atoms with Crippen molar-refractivity contribution in [2.45, 2.75) is 13.3 Å². The molecule has 1 saturated carbocycles. The molecule has 4 nitrogen and oxygen atoms in total. The summed E-state index contributed by atoms with van der Waals surface area (Å²) in [6, 6.07) is 0. The Balaban J connectivity index is 2.42. The molecule has 1 N–H and O–H groups in total. The van der Waals surface area contributed by atoms with Gasteiger partial charge in [-0.05, 0) is 12.3 Å². The fourth-order valence-corrected chi connectivity index (χ4v) is 1.20. The van der Waals surface area contributed by atoms with E-state index in [-0.39, 0.29) is 25.0 Å². The number of rotatable bonds is 4. The van der Waals surface area contributed by atoms with Gasteiger partial charge >= 0.3 is 0 Å². The largest absolute Gasteiger partial charge is 0.395 e. The van der Waals surface area contributed by atoms with E-state index < -0.39 is 0 Å². The average molecular weight is 171 g/mol. The molecule has 0 aromatic rings. The number of aliphatic hydroxyl groups excluding tert-OH is 1. The van der Waals surface area contributed by atoms with Gasteiger partial charge in [-0.25, -0.2) is 0 Å². The number of imide groups is 1. The van der Waals surface area contributed by atoms with Crippen molar-refractivity contribution in [1.29, 1.82) is 0 Å². The Morgan fingerprint density at radius 2 is 2.33 bits per heavy atom. The van der Waals surface area contributed by atoms with E-state index in [0.717, 1.165) is 11.3 Å². The molecule has 0 radical (unpaired) electrons. The Kier molecular flexibility index (Phi) is 2.81. The van der Waals surface area contributed by atoms with Crippen LogP contribution in [-0.4, -0.2) is 35.5 Å². The zero-order valence-corrected chi connectivity index (χ0v) is 7.06. The van der Waals surface area contributed by atoms with Gasteiger partial charge in [-0.2, -0.15) is 0 Å². The van der Waals surface area contributed by atoms with Crippen LogP contribution in [0.2, 0.25) is 0 Å². The number of nitrogens with zero attached hydrogens (tertiary/aromatic N) is 1. The third-order valence-corrected chi connectivity index (χ3v) is 2.18. The minimum Gasteiger partial charge on any atom is -0.395 e. The minimum absolute atomic E-state index is 0.0155. The lowest BCUT2D eigenvalue weighted by Crippen LogP contribution is -2.33. The van der Waals surface area contributed by atoms with Crippen molar-refractivity contribution in [1.82, 2.24) is 4.90 Å². The molecule has 0 aromatic carbocycles. The van der Waals surface area contributed by atoms with Gasteiger partial charge in [0, 0.05) is 5.92 Å². The summed E-state index contributed by atoms with van der Waals surface area (Å²) in [5.74, 6) is 0.270. The summed E-state index contributed by atoms with van der Waals surface area (Å²) in [4.78, 5) is 22.7. The predicted molar refractivity (Wildman–Crippen MR) is 42.1 cm³/mol. The molecule has 1 rings (SSSR count). The van der Waals surface area contributed by atoms with E-state index in [9.17, 15) is 9.59 Å². The lowest BCUT2D eigenvalue weighted by atomic mass is 10.3. The molecule has 0 heterocycles. The second kappa shape index (κ2) is 3.67. The Morgan fingerprint density at radius 1 is 1.75 bits per heavy atom. The first-order chi connectivity index (χ1) is 5.70. The molecule has 1 aliphatic rings. The Morgan fingerprint density at radius 3 is 2.67 bits per heavy atom. The van der Waals surface area contributed by atoms with E-state index in [1.807, 2.05) is 6.92 Å². The van der Waals surface area contributed by atoms with E-state index in [1.165, 1.54) is 0 Å². The van der Waals surface area contributed by atoms with Gasteiger partial charge in [-0.1, -0.05) is 6.92 Å². The second-order valence-corrected chi connectivity index (χ2v) is 3.18. The van der Waals surface area contributed by atoms with Crippen molar-refractivity contribution in [2.75, 3.05) is 13.2 Å². The number of hydrogen-bond donors (Lipinski definition) is 1. The van der Waals surface area contributed by atoms with Crippen LogP contribution >= 0.6 is 0 Å². The van der Waals surface area contributed by atoms with Crippen molar-refractivity contribution in [2.24, 2.45) is 11.8 Å². The van der Waals surface area contributed by atoms with Crippen molar-refractivity contribution < 1.29 is 14.7 Å². The number of amides is 2. The van der Waals surface area contributed by atoms with Gasteiger partial charge in [-0.3, -0.25) is 14.5 Å². The fourth-order valence-electron chi connectivity index (χ4n) is 1.20. The highest BCUT2D eigenvalue weighted by molar-refractivity contribution is 5.89. The third-order valence-electron chi connectivity index (χ3n) is 2.18. The molecule has 4 heteroatoms. The molecular weight excluding hydrogens is 158 g/mol. The van der Waals surface area contributed by atoms with Gasteiger partial charge in [-0.15, -0.1) is 0 Å². The zero-order valence-electron chi connectivity index (χ0n) is 7.06. The summed E-state index contributed by atoms with van der Waals surface area (Å²) in [6.07, 6.45) is 1.36. The molecule has 2 amide bonds. The van der Waals surface area contributed by atoms with Gasteiger partial charge in [0.05, 0.1) is 13.2 Å². The maximum atomic E-state index is 11.3. The van der Waals surface area contributed by atoms with E-state index in [4.69, 9.17) is 5.11 Å². The van der Waals surface area contributed by atoms with Crippen LogP contribution in [0.3, 0.4) is 0 Å². The summed E-state index contributed by atoms with van der Waals surface area (Å²) in [6.45, 7) is 1.93. The van der Waals surface area contributed by atoms with Gasteiger partial charge in [0.25, 0.3) is 0 Å². The van der Waals surface area contributed by atoms with Crippen molar-refractivity contribution >= 4 is 12.3 Å². The first-order valence-electron chi connectivity index (χ1n) is 4.07. The van der Waals surface area contributed by atoms with Crippen molar-refractivity contribution in [3.8, 4) is 0 Å². The predicted octanol–water partition coefficient (Wildman–Crippen LogP) is -0.380. The molecule has 0 bridgehead atoms. The number of hydrogen-bond acceptors (Lipinski definition) is 3. The molecule has 0 spiro atoms. The molecule has 1 aliphatic carbocycles. The SMILES string of the molecule is CC1CC1C(=O)N(C=O)CCO. The maximum Gasteiger partial charge on any atom is 0.232 e. The molecule has 0 saturated heterocycles. The Hall–Kier alpha value is -0.900. The Bertz CT molecular complexity index is 193. The summed E-state index contributed by atoms with van der Waals surface area (Å²) in [5, 5.41) is 8.53. The number of carbonyl (C=O) groups excluding carboxylic acids is 2. The molecule has 2 atom stereocenters. The van der Waals surface area contributed by atoms with E-state index in [1.54, 1.807) is 0 Å². The van der Waals surface area contributed by atoms with E-state index >= 15 is 0 Å². The van der Waals surface area contributed by atoms with Crippen LogP contribution in [0.5, 0.6) is 0 Å². The first kappa shape index (κ1) is 9.19. The summed E-state index contributed by atoms with van der Waals surface area (Å²) in [7, 11) is 0. The molecule has 0 aromatic heterocycles. The van der Waals surface area contributed by atoms with Crippen LogP contribution in [0.1, 0.15) is 13.3 Å². The number of aliphatic hydroxyl groups is 1. The van der Waals surface area contributed by atoms with Crippen LogP contribution < -0.4 is 0 Å². The summed E-state index contributed by atoms with van der Waals surface area (Å²) < 4.78 is 0. The topological polar surface area (TPSA) is 57.6 Å². The molecule has 2 unspecified atom stereocenters. The van der Waals surface area contributed by atoms with Gasteiger partial charge in [0.15, 0.2) is 0 Å². The molecular formula is C8H13NO3. The fraction of sp³-hybridized carbons (Fsp3) is 0.750. The number of carbonyl (C=O) groups is 2. The molecule has 1 fully saturated rings. The van der Waals surface area contributed by atoms with E-state index in [0.29, 0.717) is 12.3 Å². The first-order valence-corrected chi connectivity index (χ1v) is 4.07. The standard InChI is InChI=1S/C8H13NO3/c1-6-4-7(6)8(12)9(5-11)2-3-10/h5-7,10H,2-4H2,1H3.